The summed E-state index contributed by atoms with van der Waals surface area (Å²) in [6.45, 7) is 8.66. The van der Waals surface area contributed by atoms with E-state index < -0.39 is 11.5 Å². The minimum absolute atomic E-state index is 0.114. The predicted molar refractivity (Wildman–Crippen MR) is 72.2 cm³/mol. The van der Waals surface area contributed by atoms with Crippen molar-refractivity contribution in [2.24, 2.45) is 0 Å². The molecule has 0 aliphatic rings. The normalized spacial score (nSPS) is 14.4. The van der Waals surface area contributed by atoms with Gasteiger partial charge in [0.05, 0.1) is 5.25 Å². The third kappa shape index (κ3) is 8.72. The van der Waals surface area contributed by atoms with Gasteiger partial charge in [0, 0.05) is 12.8 Å². The Hall–Kier alpha value is -0.320. The fourth-order valence-corrected chi connectivity index (χ4v) is 2.07. The van der Waals surface area contributed by atoms with Crippen molar-refractivity contribution in [1.82, 2.24) is 0 Å². The molecule has 0 rings (SSSR count). The van der Waals surface area contributed by atoms with Crippen molar-refractivity contribution >= 4 is 17.7 Å². The summed E-state index contributed by atoms with van der Waals surface area (Å²) in [5.41, 5.74) is -0.499. The molecule has 0 N–H and O–H groups in total. The summed E-state index contributed by atoms with van der Waals surface area (Å²) in [7, 11) is 0. The molecule has 0 saturated carbocycles. The van der Waals surface area contributed by atoms with E-state index in [2.05, 4.69) is 0 Å². The molecule has 0 saturated heterocycles. The van der Waals surface area contributed by atoms with Crippen molar-refractivity contribution in [1.29, 1.82) is 0 Å². The Morgan fingerprint density at radius 2 is 1.89 bits per heavy atom. The fourth-order valence-electron chi connectivity index (χ4n) is 1.22. The van der Waals surface area contributed by atoms with Crippen molar-refractivity contribution in [3.05, 3.63) is 0 Å². The number of alkyl halides is 2. The lowest BCUT2D eigenvalue weighted by molar-refractivity contribution is -0.153. The Kier molecular flexibility index (Phi) is 7.18. The maximum atomic E-state index is 13.0. The molecule has 0 aliphatic carbocycles. The molecular weight excluding hydrogens is 258 g/mol. The molecular formula is C13H24F2O2S. The second-order valence-electron chi connectivity index (χ2n) is 5.36. The molecule has 0 heterocycles. The standard InChI is InChI=1S/C13H24F2O2S/c1-6-13(14,15)8-7-9-18-10(2)11(16)17-12(3,4)5/h10H,6-9H2,1-5H3. The Morgan fingerprint density at radius 3 is 2.33 bits per heavy atom. The maximum absolute atomic E-state index is 13.0. The average Bonchev–Trinajstić information content (AvgIpc) is 2.21. The molecule has 5 heteroatoms. The number of hydrogen-bond acceptors (Lipinski definition) is 3. The predicted octanol–water partition coefficient (Wildman–Crippen LogP) is 4.28. The third-order valence-electron chi connectivity index (χ3n) is 2.31. The van der Waals surface area contributed by atoms with Crippen LogP contribution in [-0.4, -0.2) is 28.5 Å². The van der Waals surface area contributed by atoms with Crippen LogP contribution in [0.15, 0.2) is 0 Å². The number of hydrogen-bond donors (Lipinski definition) is 0. The highest BCUT2D eigenvalue weighted by molar-refractivity contribution is 8.00. The molecule has 108 valence electrons. The number of ether oxygens (including phenoxy) is 1. The minimum Gasteiger partial charge on any atom is -0.459 e. The molecule has 1 atom stereocenters. The van der Waals surface area contributed by atoms with E-state index >= 15 is 0 Å². The van der Waals surface area contributed by atoms with Gasteiger partial charge in [0.25, 0.3) is 0 Å². The number of carbonyl (C=O) groups excluding carboxylic acids is 1. The third-order valence-corrected chi connectivity index (χ3v) is 3.53. The van der Waals surface area contributed by atoms with Crippen LogP contribution in [0.3, 0.4) is 0 Å². The van der Waals surface area contributed by atoms with Crippen molar-refractivity contribution in [3.63, 3.8) is 0 Å². The Labute approximate surface area is 113 Å². The molecule has 2 nitrogen and oxygen atoms in total. The van der Waals surface area contributed by atoms with E-state index in [0.717, 1.165) is 0 Å². The van der Waals surface area contributed by atoms with E-state index in [4.69, 9.17) is 4.74 Å². The van der Waals surface area contributed by atoms with Crippen LogP contribution in [0.2, 0.25) is 0 Å². The molecule has 0 aromatic rings. The van der Waals surface area contributed by atoms with E-state index in [1.807, 2.05) is 20.8 Å². The van der Waals surface area contributed by atoms with Gasteiger partial charge >= 0.3 is 5.97 Å². The van der Waals surface area contributed by atoms with Gasteiger partial charge in [-0.1, -0.05) is 6.92 Å². The molecule has 0 aromatic heterocycles. The molecule has 0 aliphatic heterocycles. The summed E-state index contributed by atoms with van der Waals surface area (Å²) in [4.78, 5) is 11.6. The smallest absolute Gasteiger partial charge is 0.319 e. The zero-order valence-electron chi connectivity index (χ0n) is 11.9. The lowest BCUT2D eigenvalue weighted by Crippen LogP contribution is -2.29. The van der Waals surface area contributed by atoms with Gasteiger partial charge in [0.1, 0.15) is 5.60 Å². The van der Waals surface area contributed by atoms with E-state index in [1.54, 1.807) is 6.92 Å². The first-order valence-corrected chi connectivity index (χ1v) is 7.34. The summed E-state index contributed by atoms with van der Waals surface area (Å²) in [6, 6.07) is 0. The average molecular weight is 282 g/mol. The highest BCUT2D eigenvalue weighted by Crippen LogP contribution is 2.26. The minimum atomic E-state index is -2.57. The highest BCUT2D eigenvalue weighted by atomic mass is 32.2. The summed E-state index contributed by atoms with van der Waals surface area (Å²) >= 11 is 1.37. The summed E-state index contributed by atoms with van der Waals surface area (Å²) in [5, 5.41) is -0.306. The first-order valence-electron chi connectivity index (χ1n) is 6.29. The lowest BCUT2D eigenvalue weighted by Gasteiger charge is -2.22. The van der Waals surface area contributed by atoms with Gasteiger partial charge < -0.3 is 4.74 Å². The van der Waals surface area contributed by atoms with Crippen LogP contribution in [0.4, 0.5) is 8.78 Å². The molecule has 0 radical (unpaired) electrons. The lowest BCUT2D eigenvalue weighted by atomic mass is 10.1. The first kappa shape index (κ1) is 17.7. The molecule has 0 aromatic carbocycles. The van der Waals surface area contributed by atoms with Gasteiger partial charge in [0.2, 0.25) is 5.92 Å². The second-order valence-corrected chi connectivity index (χ2v) is 6.81. The van der Waals surface area contributed by atoms with Gasteiger partial charge in [-0.05, 0) is 39.9 Å². The van der Waals surface area contributed by atoms with Crippen LogP contribution in [0.1, 0.15) is 53.9 Å². The zero-order valence-corrected chi connectivity index (χ0v) is 12.7. The molecule has 0 bridgehead atoms. The molecule has 0 fully saturated rings. The number of esters is 1. The first-order chi connectivity index (χ1) is 8.07. The van der Waals surface area contributed by atoms with Gasteiger partial charge in [-0.15, -0.1) is 11.8 Å². The quantitative estimate of drug-likeness (QED) is 0.515. The van der Waals surface area contributed by atoms with E-state index in [0.29, 0.717) is 12.2 Å². The van der Waals surface area contributed by atoms with Crippen molar-refractivity contribution in [3.8, 4) is 0 Å². The number of rotatable bonds is 7. The van der Waals surface area contributed by atoms with E-state index in [9.17, 15) is 13.6 Å². The van der Waals surface area contributed by atoms with Crippen LogP contribution in [0.5, 0.6) is 0 Å². The van der Waals surface area contributed by atoms with Crippen LogP contribution >= 0.6 is 11.8 Å². The Balaban J connectivity index is 3.84. The monoisotopic (exact) mass is 282 g/mol. The van der Waals surface area contributed by atoms with Gasteiger partial charge in [0.15, 0.2) is 0 Å². The molecule has 18 heavy (non-hydrogen) atoms. The maximum Gasteiger partial charge on any atom is 0.319 e. The van der Waals surface area contributed by atoms with Crippen molar-refractivity contribution in [2.45, 2.75) is 70.7 Å². The largest absolute Gasteiger partial charge is 0.459 e. The fraction of sp³-hybridized carbons (Fsp3) is 0.923. The summed E-state index contributed by atoms with van der Waals surface area (Å²) < 4.78 is 31.1. The molecule has 1 unspecified atom stereocenters. The van der Waals surface area contributed by atoms with Gasteiger partial charge in [-0.2, -0.15) is 0 Å². The number of halogens is 2. The van der Waals surface area contributed by atoms with Crippen molar-refractivity contribution < 1.29 is 18.3 Å². The van der Waals surface area contributed by atoms with Gasteiger partial charge in [-0.3, -0.25) is 4.79 Å². The second kappa shape index (κ2) is 7.31. The van der Waals surface area contributed by atoms with Crippen LogP contribution in [-0.2, 0) is 9.53 Å². The summed E-state index contributed by atoms with van der Waals surface area (Å²) in [6.07, 6.45) is 0.176. The van der Waals surface area contributed by atoms with Crippen LogP contribution < -0.4 is 0 Å². The number of carbonyl (C=O) groups is 1. The van der Waals surface area contributed by atoms with Crippen LogP contribution in [0, 0.1) is 0 Å². The topological polar surface area (TPSA) is 26.3 Å². The van der Waals surface area contributed by atoms with E-state index in [-0.39, 0.29) is 24.1 Å². The Morgan fingerprint density at radius 1 is 1.33 bits per heavy atom. The number of thioether (sulfide) groups is 1. The van der Waals surface area contributed by atoms with E-state index in [1.165, 1.54) is 18.7 Å². The SMILES string of the molecule is CCC(F)(F)CCCSC(C)C(=O)OC(C)(C)C. The highest BCUT2D eigenvalue weighted by Gasteiger charge is 2.26. The molecule has 0 spiro atoms. The zero-order chi connectivity index (χ0) is 14.4. The summed E-state index contributed by atoms with van der Waals surface area (Å²) in [5.74, 6) is -2.30. The van der Waals surface area contributed by atoms with Gasteiger partial charge in [-0.25, -0.2) is 8.78 Å². The Bertz CT molecular complexity index is 262. The molecule has 0 amide bonds. The van der Waals surface area contributed by atoms with Crippen LogP contribution in [0.25, 0.3) is 0 Å². The van der Waals surface area contributed by atoms with Crippen molar-refractivity contribution in [2.75, 3.05) is 5.75 Å².